The number of nitrogens with two attached hydrogens (primary N) is 1. The summed E-state index contributed by atoms with van der Waals surface area (Å²) in [5, 5.41) is 1.82. The van der Waals surface area contributed by atoms with Crippen molar-refractivity contribution in [2.75, 3.05) is 12.3 Å². The predicted molar refractivity (Wildman–Crippen MR) is 89.3 cm³/mol. The number of aromatic nitrogens is 2. The number of hydrogen-bond acceptors (Lipinski definition) is 7. The molecule has 0 aromatic carbocycles. The summed E-state index contributed by atoms with van der Waals surface area (Å²) < 4.78 is 6.01. The number of rotatable bonds is 7. The molecule has 0 unspecified atom stereocenters. The number of carbonyl (C=O) groups excluding carboxylic acids is 2. The number of ketones is 1. The Bertz CT molecular complexity index is 851. The Balaban J connectivity index is 2.12. The van der Waals surface area contributed by atoms with E-state index < -0.39 is 29.6 Å². The van der Waals surface area contributed by atoms with Gasteiger partial charge in [0, 0.05) is 11.4 Å². The van der Waals surface area contributed by atoms with Crippen LogP contribution < -0.4 is 17.0 Å². The van der Waals surface area contributed by atoms with Crippen LogP contribution in [0.15, 0.2) is 27.1 Å². The fourth-order valence-corrected chi connectivity index (χ4v) is 2.82. The molecule has 2 heterocycles. The average molecular weight is 351 g/mol. The molecule has 0 aliphatic heterocycles. The topological polar surface area (TPSA) is 124 Å². The number of esters is 1. The Hall–Kier alpha value is -2.68. The van der Waals surface area contributed by atoms with Crippen molar-refractivity contribution in [2.45, 2.75) is 26.3 Å². The average Bonchev–Trinajstić information content (AvgIpc) is 3.02. The van der Waals surface area contributed by atoms with Gasteiger partial charge in [0.1, 0.15) is 11.4 Å². The Kier molecular flexibility index (Phi) is 5.69. The first kappa shape index (κ1) is 17.7. The van der Waals surface area contributed by atoms with Crippen LogP contribution in [0.3, 0.4) is 0 Å². The van der Waals surface area contributed by atoms with Gasteiger partial charge in [0.2, 0.25) is 5.78 Å². The van der Waals surface area contributed by atoms with E-state index in [0.29, 0.717) is 6.42 Å². The van der Waals surface area contributed by atoms with E-state index in [1.165, 1.54) is 11.3 Å². The van der Waals surface area contributed by atoms with Gasteiger partial charge in [-0.1, -0.05) is 13.0 Å². The molecule has 128 valence electrons. The molecule has 0 saturated carbocycles. The monoisotopic (exact) mass is 351 g/mol. The van der Waals surface area contributed by atoms with Crippen molar-refractivity contribution in [1.82, 2.24) is 9.55 Å². The van der Waals surface area contributed by atoms with Crippen molar-refractivity contribution < 1.29 is 14.3 Å². The second kappa shape index (κ2) is 7.73. The molecule has 0 aliphatic carbocycles. The van der Waals surface area contributed by atoms with E-state index in [1.54, 1.807) is 12.1 Å². The summed E-state index contributed by atoms with van der Waals surface area (Å²) in [6.45, 7) is 1.48. The number of anilines is 1. The lowest BCUT2D eigenvalue weighted by Gasteiger charge is -2.11. The fourth-order valence-electron chi connectivity index (χ4n) is 2.13. The van der Waals surface area contributed by atoms with E-state index in [-0.39, 0.29) is 24.3 Å². The second-order valence-electron chi connectivity index (χ2n) is 5.01. The van der Waals surface area contributed by atoms with Gasteiger partial charge in [-0.2, -0.15) is 0 Å². The molecule has 8 nitrogen and oxygen atoms in total. The van der Waals surface area contributed by atoms with Crippen molar-refractivity contribution in [3.8, 4) is 0 Å². The summed E-state index contributed by atoms with van der Waals surface area (Å²) >= 11 is 1.40. The number of nitrogen functional groups attached to an aromatic ring is 1. The third kappa shape index (κ3) is 3.99. The number of nitrogens with one attached hydrogen (secondary N) is 1. The molecule has 2 aromatic heterocycles. The molecule has 0 aliphatic rings. The summed E-state index contributed by atoms with van der Waals surface area (Å²) in [5.41, 5.74) is 3.84. The van der Waals surface area contributed by atoms with Crippen molar-refractivity contribution in [3.05, 3.63) is 48.8 Å². The third-order valence-electron chi connectivity index (χ3n) is 3.23. The maximum Gasteiger partial charge on any atom is 0.329 e. The number of Topliss-reactive ketones (excluding diaryl/α,β-unsaturated/α-hetero) is 1. The molecule has 2 rings (SSSR count). The minimum atomic E-state index is -0.885. The summed E-state index contributed by atoms with van der Waals surface area (Å²) in [4.78, 5) is 50.3. The van der Waals surface area contributed by atoms with Crippen LogP contribution in [0.25, 0.3) is 0 Å². The highest BCUT2D eigenvalue weighted by Gasteiger charge is 2.20. The number of carbonyl (C=O) groups is 2. The van der Waals surface area contributed by atoms with Gasteiger partial charge in [-0.3, -0.25) is 23.9 Å². The van der Waals surface area contributed by atoms with Gasteiger partial charge in [0.25, 0.3) is 5.56 Å². The number of nitrogens with zero attached hydrogens (tertiary/aromatic N) is 1. The Labute approximate surface area is 140 Å². The lowest BCUT2D eigenvalue weighted by molar-refractivity contribution is -0.141. The van der Waals surface area contributed by atoms with Crippen LogP contribution in [-0.2, 0) is 22.5 Å². The molecule has 0 saturated heterocycles. The van der Waals surface area contributed by atoms with Crippen LogP contribution >= 0.6 is 11.3 Å². The minimum absolute atomic E-state index is 0.0477. The van der Waals surface area contributed by atoms with Crippen molar-refractivity contribution in [1.29, 1.82) is 0 Å². The highest BCUT2D eigenvalue weighted by Crippen LogP contribution is 2.10. The summed E-state index contributed by atoms with van der Waals surface area (Å²) in [5.74, 6) is -1.55. The van der Waals surface area contributed by atoms with Crippen LogP contribution in [0, 0.1) is 0 Å². The Morgan fingerprint density at radius 3 is 2.75 bits per heavy atom. The SMILES string of the molecule is CCCn1c(N)c(C(=O)COC(=O)Cc2cccs2)c(=O)[nH]c1=O. The maximum absolute atomic E-state index is 12.2. The molecule has 0 bridgehead atoms. The molecule has 0 atom stereocenters. The van der Waals surface area contributed by atoms with Crippen molar-refractivity contribution in [3.63, 3.8) is 0 Å². The van der Waals surface area contributed by atoms with E-state index in [9.17, 15) is 19.2 Å². The fraction of sp³-hybridized carbons (Fsp3) is 0.333. The Morgan fingerprint density at radius 1 is 1.38 bits per heavy atom. The maximum atomic E-state index is 12.2. The molecule has 0 fully saturated rings. The van der Waals surface area contributed by atoms with Gasteiger partial charge in [0.15, 0.2) is 6.61 Å². The number of thiophene rings is 1. The van der Waals surface area contributed by atoms with Crippen LogP contribution in [0.5, 0.6) is 0 Å². The quantitative estimate of drug-likeness (QED) is 0.555. The molecule has 0 spiro atoms. The van der Waals surface area contributed by atoms with E-state index in [1.807, 2.05) is 12.3 Å². The van der Waals surface area contributed by atoms with Crippen LogP contribution in [-0.4, -0.2) is 27.9 Å². The molecule has 24 heavy (non-hydrogen) atoms. The number of ether oxygens (including phenoxy) is 1. The standard InChI is InChI=1S/C15H17N3O5S/c1-2-5-18-13(16)12(14(21)17-15(18)22)10(19)8-23-11(20)7-9-4-3-6-24-9/h3-4,6H,2,5,7-8,16H2,1H3,(H,17,21,22). The molecule has 9 heteroatoms. The van der Waals surface area contributed by atoms with Crippen LogP contribution in [0.2, 0.25) is 0 Å². The van der Waals surface area contributed by atoms with Gasteiger partial charge < -0.3 is 10.5 Å². The third-order valence-corrected chi connectivity index (χ3v) is 4.10. The van der Waals surface area contributed by atoms with E-state index in [2.05, 4.69) is 4.98 Å². The normalized spacial score (nSPS) is 10.5. The second-order valence-corrected chi connectivity index (χ2v) is 6.04. The molecule has 2 aromatic rings. The lowest BCUT2D eigenvalue weighted by atomic mass is 10.2. The largest absolute Gasteiger partial charge is 0.457 e. The van der Waals surface area contributed by atoms with Gasteiger partial charge in [-0.05, 0) is 17.9 Å². The number of H-pyrrole nitrogens is 1. The number of hydrogen-bond donors (Lipinski definition) is 2. The van der Waals surface area contributed by atoms with Crippen molar-refractivity contribution >= 4 is 28.9 Å². The van der Waals surface area contributed by atoms with E-state index in [4.69, 9.17) is 10.5 Å². The zero-order valence-corrected chi connectivity index (χ0v) is 13.9. The highest BCUT2D eigenvalue weighted by molar-refractivity contribution is 7.10. The van der Waals surface area contributed by atoms with Gasteiger partial charge in [-0.25, -0.2) is 4.79 Å². The molecular weight excluding hydrogens is 334 g/mol. The van der Waals surface area contributed by atoms with E-state index >= 15 is 0 Å². The molecule has 0 radical (unpaired) electrons. The zero-order valence-electron chi connectivity index (χ0n) is 13.0. The van der Waals surface area contributed by atoms with Gasteiger partial charge >= 0.3 is 11.7 Å². The van der Waals surface area contributed by atoms with Crippen LogP contribution in [0.1, 0.15) is 28.6 Å². The van der Waals surface area contributed by atoms with Gasteiger partial charge in [0.05, 0.1) is 6.42 Å². The smallest absolute Gasteiger partial charge is 0.329 e. The first-order chi connectivity index (χ1) is 11.4. The molecule has 3 N–H and O–H groups in total. The lowest BCUT2D eigenvalue weighted by Crippen LogP contribution is -2.37. The van der Waals surface area contributed by atoms with E-state index in [0.717, 1.165) is 9.44 Å². The summed E-state index contributed by atoms with van der Waals surface area (Å²) in [6, 6.07) is 3.58. The molecular formula is C15H17N3O5S. The zero-order chi connectivity index (χ0) is 17.7. The summed E-state index contributed by atoms with van der Waals surface area (Å²) in [7, 11) is 0. The minimum Gasteiger partial charge on any atom is -0.457 e. The first-order valence-electron chi connectivity index (χ1n) is 7.27. The predicted octanol–water partition coefficient (Wildman–Crippen LogP) is 0.559. The summed E-state index contributed by atoms with van der Waals surface area (Å²) in [6.07, 6.45) is 0.645. The Morgan fingerprint density at radius 2 is 2.12 bits per heavy atom. The highest BCUT2D eigenvalue weighted by atomic mass is 32.1. The first-order valence-corrected chi connectivity index (χ1v) is 8.15. The van der Waals surface area contributed by atoms with Gasteiger partial charge in [-0.15, -0.1) is 11.3 Å². The number of aromatic amines is 1. The van der Waals surface area contributed by atoms with Crippen molar-refractivity contribution in [2.24, 2.45) is 0 Å². The van der Waals surface area contributed by atoms with Crippen LogP contribution in [0.4, 0.5) is 5.82 Å². The molecule has 0 amide bonds.